The Morgan fingerprint density at radius 2 is 2.00 bits per heavy atom. The minimum atomic E-state index is -0.295. The molecule has 20 heavy (non-hydrogen) atoms. The number of ether oxygens (including phenoxy) is 1. The molecule has 0 amide bonds. The first kappa shape index (κ1) is 16.8. The van der Waals surface area contributed by atoms with Gasteiger partial charge in [0.05, 0.1) is 6.61 Å². The third kappa shape index (κ3) is 6.75. The number of carbonyl (C=O) groups excluding carboxylic acids is 1. The molecule has 0 aliphatic carbocycles. The van der Waals surface area contributed by atoms with Crippen molar-refractivity contribution in [3.05, 3.63) is 40.5 Å². The summed E-state index contributed by atoms with van der Waals surface area (Å²) in [6.07, 6.45) is 3.40. The molecule has 0 spiro atoms. The highest BCUT2D eigenvalue weighted by molar-refractivity contribution is 9.10. The highest BCUT2D eigenvalue weighted by Gasteiger charge is 2.05. The van der Waals surface area contributed by atoms with Gasteiger partial charge in [0.2, 0.25) is 0 Å². The molecule has 0 aromatic heterocycles. The molecule has 0 unspecified atom stereocenters. The molecule has 0 atom stereocenters. The Kier molecular flexibility index (Phi) is 7.37. The predicted molar refractivity (Wildman–Crippen MR) is 86.6 cm³/mol. The summed E-state index contributed by atoms with van der Waals surface area (Å²) in [5, 5.41) is 3.29. The maximum absolute atomic E-state index is 11.6. The monoisotopic (exact) mass is 339 g/mol. The van der Waals surface area contributed by atoms with Crippen molar-refractivity contribution in [2.75, 3.05) is 11.9 Å². The van der Waals surface area contributed by atoms with Gasteiger partial charge in [0.15, 0.2) is 0 Å². The second-order valence-corrected chi connectivity index (χ2v) is 5.90. The molecule has 0 saturated heterocycles. The van der Waals surface area contributed by atoms with E-state index in [0.717, 1.165) is 28.7 Å². The van der Waals surface area contributed by atoms with E-state index in [1.165, 1.54) is 0 Å². The molecule has 1 N–H and O–H groups in total. The van der Waals surface area contributed by atoms with E-state index in [-0.39, 0.29) is 5.97 Å². The first-order valence-corrected chi connectivity index (χ1v) is 7.70. The number of esters is 1. The van der Waals surface area contributed by atoms with Gasteiger partial charge in [-0.15, -0.1) is 0 Å². The lowest BCUT2D eigenvalue weighted by atomic mass is 10.1. The van der Waals surface area contributed by atoms with Gasteiger partial charge in [0.25, 0.3) is 0 Å². The van der Waals surface area contributed by atoms with E-state index in [9.17, 15) is 4.79 Å². The van der Waals surface area contributed by atoms with Gasteiger partial charge in [0.1, 0.15) is 0 Å². The largest absolute Gasteiger partial charge is 0.463 e. The molecule has 4 heteroatoms. The summed E-state index contributed by atoms with van der Waals surface area (Å²) in [7, 11) is 0. The van der Waals surface area contributed by atoms with E-state index in [2.05, 4.69) is 35.1 Å². The third-order valence-electron chi connectivity index (χ3n) is 2.72. The Hall–Kier alpha value is -1.29. The highest BCUT2D eigenvalue weighted by atomic mass is 79.9. The minimum Gasteiger partial charge on any atom is -0.463 e. The van der Waals surface area contributed by atoms with Gasteiger partial charge in [-0.2, -0.15) is 0 Å². The first-order chi connectivity index (χ1) is 9.51. The van der Waals surface area contributed by atoms with Crippen LogP contribution in [0.2, 0.25) is 0 Å². The van der Waals surface area contributed by atoms with E-state index >= 15 is 0 Å². The zero-order chi connectivity index (χ0) is 15.0. The smallest absolute Gasteiger partial charge is 0.332 e. The Morgan fingerprint density at radius 1 is 1.35 bits per heavy atom. The maximum Gasteiger partial charge on any atom is 0.332 e. The topological polar surface area (TPSA) is 38.3 Å². The van der Waals surface area contributed by atoms with Crippen molar-refractivity contribution >= 4 is 27.6 Å². The normalized spacial score (nSPS) is 11.6. The van der Waals surface area contributed by atoms with Gasteiger partial charge in [-0.3, -0.25) is 0 Å². The van der Waals surface area contributed by atoms with Gasteiger partial charge in [-0.05, 0) is 49.9 Å². The average Bonchev–Trinajstić information content (AvgIpc) is 2.39. The van der Waals surface area contributed by atoms with Gasteiger partial charge in [-0.25, -0.2) is 4.79 Å². The van der Waals surface area contributed by atoms with Crippen LogP contribution >= 0.6 is 15.9 Å². The van der Waals surface area contributed by atoms with Gasteiger partial charge >= 0.3 is 5.97 Å². The van der Waals surface area contributed by atoms with Gasteiger partial charge in [-0.1, -0.05) is 29.8 Å². The number of hydrogen-bond acceptors (Lipinski definition) is 3. The maximum atomic E-state index is 11.6. The van der Waals surface area contributed by atoms with Crippen LogP contribution in [0.1, 0.15) is 33.6 Å². The lowest BCUT2D eigenvalue weighted by molar-refractivity contribution is -0.137. The zero-order valence-electron chi connectivity index (χ0n) is 12.3. The van der Waals surface area contributed by atoms with Crippen molar-refractivity contribution in [1.29, 1.82) is 0 Å². The van der Waals surface area contributed by atoms with Crippen LogP contribution in [0.15, 0.2) is 40.5 Å². The van der Waals surface area contributed by atoms with E-state index < -0.39 is 0 Å². The Labute approximate surface area is 129 Å². The Bertz CT molecular complexity index is 452. The molecule has 0 heterocycles. The summed E-state index contributed by atoms with van der Waals surface area (Å²) < 4.78 is 6.00. The van der Waals surface area contributed by atoms with Crippen LogP contribution in [0.3, 0.4) is 0 Å². The Balaban J connectivity index is 2.75. The third-order valence-corrected chi connectivity index (χ3v) is 3.25. The quantitative estimate of drug-likeness (QED) is 0.575. The van der Waals surface area contributed by atoms with E-state index in [0.29, 0.717) is 12.5 Å². The number of nitrogens with one attached hydrogen (secondary N) is 1. The fraction of sp³-hybridized carbons (Fsp3) is 0.438. The van der Waals surface area contributed by atoms with Crippen LogP contribution in [-0.4, -0.2) is 12.6 Å². The predicted octanol–water partition coefficient (Wildman–Crippen LogP) is 4.74. The highest BCUT2D eigenvalue weighted by Crippen LogP contribution is 2.18. The molecule has 0 aliphatic rings. The van der Waals surface area contributed by atoms with Crippen molar-refractivity contribution in [2.45, 2.75) is 33.6 Å². The van der Waals surface area contributed by atoms with E-state index in [4.69, 9.17) is 4.74 Å². The number of allylic oxidation sites excluding steroid dienone is 1. The number of hydrogen-bond donors (Lipinski definition) is 1. The lowest BCUT2D eigenvalue weighted by Gasteiger charge is -2.12. The van der Waals surface area contributed by atoms with Crippen LogP contribution in [0, 0.1) is 5.92 Å². The van der Waals surface area contributed by atoms with Crippen molar-refractivity contribution in [3.8, 4) is 0 Å². The van der Waals surface area contributed by atoms with Crippen LogP contribution < -0.4 is 5.32 Å². The minimum absolute atomic E-state index is 0.295. The van der Waals surface area contributed by atoms with Crippen LogP contribution in [-0.2, 0) is 9.53 Å². The van der Waals surface area contributed by atoms with Crippen LogP contribution in [0.4, 0.5) is 5.69 Å². The van der Waals surface area contributed by atoms with E-state index in [1.807, 2.05) is 31.2 Å². The molecule has 3 nitrogen and oxygen atoms in total. The van der Waals surface area contributed by atoms with Crippen LogP contribution in [0.25, 0.3) is 0 Å². The number of anilines is 1. The molecule has 0 saturated carbocycles. The summed E-state index contributed by atoms with van der Waals surface area (Å²) in [5.74, 6) is 0.295. The summed E-state index contributed by atoms with van der Waals surface area (Å²) in [4.78, 5) is 11.6. The first-order valence-electron chi connectivity index (χ1n) is 6.91. The fourth-order valence-corrected chi connectivity index (χ4v) is 1.92. The molecule has 0 fully saturated rings. The SMILES string of the molecule is CCOC(=O)/C=C(\CCC(C)C)Nc1ccc(Br)cc1. The zero-order valence-corrected chi connectivity index (χ0v) is 13.9. The second kappa shape index (κ2) is 8.80. The summed E-state index contributed by atoms with van der Waals surface area (Å²) in [5.41, 5.74) is 1.85. The lowest BCUT2D eigenvalue weighted by Crippen LogP contribution is -2.07. The molecule has 0 aliphatic heterocycles. The molecule has 1 rings (SSSR count). The molecule has 1 aromatic rings. The van der Waals surface area contributed by atoms with Gasteiger partial charge < -0.3 is 10.1 Å². The summed E-state index contributed by atoms with van der Waals surface area (Å²) >= 11 is 3.41. The van der Waals surface area contributed by atoms with Crippen molar-refractivity contribution in [2.24, 2.45) is 5.92 Å². The number of halogens is 1. The van der Waals surface area contributed by atoms with Crippen molar-refractivity contribution in [3.63, 3.8) is 0 Å². The summed E-state index contributed by atoms with van der Waals surface area (Å²) in [6, 6.07) is 7.87. The molecule has 0 radical (unpaired) electrons. The fourth-order valence-electron chi connectivity index (χ4n) is 1.66. The number of carbonyl (C=O) groups is 1. The molecular formula is C16H22BrNO2. The van der Waals surface area contributed by atoms with Crippen molar-refractivity contribution in [1.82, 2.24) is 0 Å². The molecule has 0 bridgehead atoms. The average molecular weight is 340 g/mol. The van der Waals surface area contributed by atoms with Crippen LogP contribution in [0.5, 0.6) is 0 Å². The second-order valence-electron chi connectivity index (χ2n) is 4.99. The van der Waals surface area contributed by atoms with E-state index in [1.54, 1.807) is 6.08 Å². The standard InChI is InChI=1S/C16H22BrNO2/c1-4-20-16(19)11-15(8-5-12(2)3)18-14-9-6-13(17)7-10-14/h6-7,9-12,18H,4-5,8H2,1-3H3/b15-11+. The molecular weight excluding hydrogens is 318 g/mol. The number of rotatable bonds is 7. The Morgan fingerprint density at radius 3 is 2.55 bits per heavy atom. The van der Waals surface area contributed by atoms with Crippen molar-refractivity contribution < 1.29 is 9.53 Å². The molecule has 110 valence electrons. The summed E-state index contributed by atoms with van der Waals surface area (Å²) in [6.45, 7) is 6.54. The molecule has 1 aromatic carbocycles. The van der Waals surface area contributed by atoms with Gasteiger partial charge in [0, 0.05) is 21.9 Å². The number of benzene rings is 1.